The minimum atomic E-state index is -0.279. The highest BCUT2D eigenvalue weighted by Gasteiger charge is 2.25. The van der Waals surface area contributed by atoms with E-state index in [1.54, 1.807) is 6.07 Å². The number of benzene rings is 2. The molecule has 2 N–H and O–H groups in total. The molecular formula is C16H15N2O. The van der Waals surface area contributed by atoms with Gasteiger partial charge in [-0.2, -0.15) is 0 Å². The molecule has 3 heteroatoms. The van der Waals surface area contributed by atoms with Crippen molar-refractivity contribution in [1.29, 1.82) is 0 Å². The fourth-order valence-corrected chi connectivity index (χ4v) is 2.41. The molecule has 0 spiro atoms. The van der Waals surface area contributed by atoms with Crippen molar-refractivity contribution in [3.05, 3.63) is 65.7 Å². The molecule has 1 atom stereocenters. The quantitative estimate of drug-likeness (QED) is 0.860. The summed E-state index contributed by atoms with van der Waals surface area (Å²) in [5.41, 5.74) is 3.03. The number of nitrogens with one attached hydrogen (secondary N) is 2. The van der Waals surface area contributed by atoms with Crippen LogP contribution in [0.15, 0.2) is 48.5 Å². The van der Waals surface area contributed by atoms with Gasteiger partial charge in [0.1, 0.15) is 6.04 Å². The number of hydrogen-bond donors (Lipinski definition) is 2. The SMILES string of the molecule is O=C(Nc1[c]cccc1)C1NCCc2ccccc21. The zero-order valence-corrected chi connectivity index (χ0v) is 10.5. The first kappa shape index (κ1) is 11.9. The fraction of sp³-hybridized carbons (Fsp3) is 0.188. The normalized spacial score (nSPS) is 17.6. The summed E-state index contributed by atoms with van der Waals surface area (Å²) in [4.78, 5) is 12.3. The standard InChI is InChI=1S/C16H15N2O/c19-16(18-13-7-2-1-3-8-13)15-14-9-5-4-6-12(14)10-11-17-15/h1-7,9,15,17H,10-11H2,(H,18,19). The van der Waals surface area contributed by atoms with Gasteiger partial charge in [0.2, 0.25) is 5.91 Å². The summed E-state index contributed by atoms with van der Waals surface area (Å²) in [6, 6.07) is 18.2. The van der Waals surface area contributed by atoms with Crippen LogP contribution in [0, 0.1) is 6.07 Å². The van der Waals surface area contributed by atoms with Crippen molar-refractivity contribution in [3.8, 4) is 0 Å². The summed E-state index contributed by atoms with van der Waals surface area (Å²) in [6.07, 6.45) is 0.970. The van der Waals surface area contributed by atoms with E-state index in [0.717, 1.165) is 18.5 Å². The number of hydrogen-bond acceptors (Lipinski definition) is 2. The molecule has 0 bridgehead atoms. The molecule has 2 aromatic rings. The summed E-state index contributed by atoms with van der Waals surface area (Å²) in [7, 11) is 0. The second-order valence-corrected chi connectivity index (χ2v) is 4.60. The van der Waals surface area contributed by atoms with Gasteiger partial charge in [-0.15, -0.1) is 0 Å². The first-order valence-corrected chi connectivity index (χ1v) is 6.43. The van der Waals surface area contributed by atoms with Gasteiger partial charge in [-0.3, -0.25) is 4.79 Å². The van der Waals surface area contributed by atoms with Crippen LogP contribution in [0.5, 0.6) is 0 Å². The summed E-state index contributed by atoms with van der Waals surface area (Å²) in [5.74, 6) is -0.0328. The molecule has 19 heavy (non-hydrogen) atoms. The molecule has 95 valence electrons. The average Bonchev–Trinajstić information content (AvgIpc) is 2.47. The third kappa shape index (κ3) is 2.51. The Balaban J connectivity index is 1.82. The molecule has 1 amide bonds. The Morgan fingerprint density at radius 2 is 2.05 bits per heavy atom. The molecule has 0 saturated carbocycles. The van der Waals surface area contributed by atoms with Gasteiger partial charge in [0.05, 0.1) is 0 Å². The largest absolute Gasteiger partial charge is 0.324 e. The van der Waals surface area contributed by atoms with E-state index in [2.05, 4.69) is 22.8 Å². The molecule has 1 unspecified atom stereocenters. The topological polar surface area (TPSA) is 41.1 Å². The van der Waals surface area contributed by atoms with Gasteiger partial charge in [-0.05, 0) is 23.6 Å². The van der Waals surface area contributed by atoms with Crippen LogP contribution in [0.1, 0.15) is 17.2 Å². The highest BCUT2D eigenvalue weighted by atomic mass is 16.2. The third-order valence-corrected chi connectivity index (χ3v) is 3.34. The van der Waals surface area contributed by atoms with E-state index in [4.69, 9.17) is 0 Å². The van der Waals surface area contributed by atoms with Crippen LogP contribution in [0.2, 0.25) is 0 Å². The van der Waals surface area contributed by atoms with E-state index in [0.29, 0.717) is 5.69 Å². The van der Waals surface area contributed by atoms with Gasteiger partial charge < -0.3 is 10.6 Å². The Hall–Kier alpha value is -2.13. The first-order valence-electron chi connectivity index (χ1n) is 6.43. The van der Waals surface area contributed by atoms with Gasteiger partial charge in [-0.25, -0.2) is 0 Å². The Kier molecular flexibility index (Phi) is 3.29. The van der Waals surface area contributed by atoms with Crippen molar-refractivity contribution < 1.29 is 4.79 Å². The molecule has 1 radical (unpaired) electrons. The number of para-hydroxylation sites is 1. The van der Waals surface area contributed by atoms with Crippen LogP contribution < -0.4 is 10.6 Å². The molecule has 0 aromatic heterocycles. The van der Waals surface area contributed by atoms with Crippen molar-refractivity contribution in [2.45, 2.75) is 12.5 Å². The van der Waals surface area contributed by atoms with Gasteiger partial charge in [-0.1, -0.05) is 42.5 Å². The molecule has 2 aromatic carbocycles. The molecule has 3 rings (SSSR count). The van der Waals surface area contributed by atoms with Gasteiger partial charge in [0.25, 0.3) is 0 Å². The second kappa shape index (κ2) is 5.24. The predicted octanol–water partition coefficient (Wildman–Crippen LogP) is 2.31. The Labute approximate surface area is 112 Å². The number of fused-ring (bicyclic) bond motifs is 1. The first-order chi connectivity index (χ1) is 9.34. The molecule has 1 heterocycles. The minimum Gasteiger partial charge on any atom is -0.324 e. The minimum absolute atomic E-state index is 0.0328. The van der Waals surface area contributed by atoms with Crippen LogP contribution in [0.4, 0.5) is 5.69 Å². The number of rotatable bonds is 2. The summed E-state index contributed by atoms with van der Waals surface area (Å²) in [5, 5.41) is 6.16. The molecule has 3 nitrogen and oxygen atoms in total. The van der Waals surface area contributed by atoms with E-state index in [1.165, 1.54) is 5.56 Å². The predicted molar refractivity (Wildman–Crippen MR) is 74.8 cm³/mol. The zero-order chi connectivity index (χ0) is 13.1. The van der Waals surface area contributed by atoms with Crippen LogP contribution >= 0.6 is 0 Å². The number of carbonyl (C=O) groups is 1. The number of anilines is 1. The van der Waals surface area contributed by atoms with E-state index in [9.17, 15) is 4.79 Å². The molecule has 0 fully saturated rings. The number of carbonyl (C=O) groups excluding carboxylic acids is 1. The van der Waals surface area contributed by atoms with Gasteiger partial charge >= 0.3 is 0 Å². The van der Waals surface area contributed by atoms with Crippen LogP contribution in [-0.4, -0.2) is 12.5 Å². The number of amides is 1. The Morgan fingerprint density at radius 3 is 2.89 bits per heavy atom. The van der Waals surface area contributed by atoms with Crippen LogP contribution in [-0.2, 0) is 11.2 Å². The highest BCUT2D eigenvalue weighted by Crippen LogP contribution is 2.23. The van der Waals surface area contributed by atoms with Crippen molar-refractivity contribution in [1.82, 2.24) is 5.32 Å². The van der Waals surface area contributed by atoms with E-state index in [1.807, 2.05) is 36.4 Å². The van der Waals surface area contributed by atoms with Crippen molar-refractivity contribution in [2.75, 3.05) is 11.9 Å². The van der Waals surface area contributed by atoms with E-state index in [-0.39, 0.29) is 11.9 Å². The lowest BCUT2D eigenvalue weighted by Gasteiger charge is -2.26. The van der Waals surface area contributed by atoms with Crippen molar-refractivity contribution in [3.63, 3.8) is 0 Å². The van der Waals surface area contributed by atoms with Crippen molar-refractivity contribution in [2.24, 2.45) is 0 Å². The lowest BCUT2D eigenvalue weighted by Crippen LogP contribution is -2.38. The highest BCUT2D eigenvalue weighted by molar-refractivity contribution is 5.95. The molecule has 0 aliphatic carbocycles. The summed E-state index contributed by atoms with van der Waals surface area (Å²) >= 11 is 0. The molecule has 1 aliphatic rings. The maximum Gasteiger partial charge on any atom is 0.246 e. The Morgan fingerprint density at radius 1 is 1.21 bits per heavy atom. The second-order valence-electron chi connectivity index (χ2n) is 4.60. The average molecular weight is 251 g/mol. The van der Waals surface area contributed by atoms with E-state index >= 15 is 0 Å². The smallest absolute Gasteiger partial charge is 0.246 e. The van der Waals surface area contributed by atoms with Crippen LogP contribution in [0.3, 0.4) is 0 Å². The maximum absolute atomic E-state index is 12.3. The fourth-order valence-electron chi connectivity index (χ4n) is 2.41. The summed E-state index contributed by atoms with van der Waals surface area (Å²) < 4.78 is 0. The third-order valence-electron chi connectivity index (χ3n) is 3.34. The maximum atomic E-state index is 12.3. The van der Waals surface area contributed by atoms with Gasteiger partial charge in [0, 0.05) is 18.3 Å². The molecular weight excluding hydrogens is 236 g/mol. The van der Waals surface area contributed by atoms with Crippen LogP contribution in [0.25, 0.3) is 0 Å². The summed E-state index contributed by atoms with van der Waals surface area (Å²) in [6.45, 7) is 0.827. The zero-order valence-electron chi connectivity index (χ0n) is 10.5. The van der Waals surface area contributed by atoms with Gasteiger partial charge in [0.15, 0.2) is 0 Å². The van der Waals surface area contributed by atoms with E-state index < -0.39 is 0 Å². The molecule has 1 aliphatic heterocycles. The monoisotopic (exact) mass is 251 g/mol. The molecule has 0 saturated heterocycles. The lowest BCUT2D eigenvalue weighted by atomic mass is 9.94. The lowest BCUT2D eigenvalue weighted by molar-refractivity contribution is -0.118. The van der Waals surface area contributed by atoms with Crippen molar-refractivity contribution >= 4 is 11.6 Å². The Bertz CT molecular complexity index is 580.